The maximum absolute atomic E-state index is 11.5. The fraction of sp³-hybridized carbons (Fsp3) is 0.667. The first-order valence-corrected chi connectivity index (χ1v) is 12.7. The van der Waals surface area contributed by atoms with Gasteiger partial charge in [0.25, 0.3) is 0 Å². The van der Waals surface area contributed by atoms with Crippen LogP contribution < -0.4 is 9.64 Å². The van der Waals surface area contributed by atoms with Crippen LogP contribution in [0.4, 0.5) is 6.01 Å². The molecule has 2 aliphatic rings. The molecule has 9 heteroatoms. The molecule has 0 spiro atoms. The molecular formula is C21H30N4O4S. The van der Waals surface area contributed by atoms with Crippen molar-refractivity contribution in [1.82, 2.24) is 15.1 Å². The first-order valence-electron chi connectivity index (χ1n) is 10.8. The van der Waals surface area contributed by atoms with Crippen LogP contribution in [0.2, 0.25) is 0 Å². The minimum Gasteiger partial charge on any atom is -0.478 e. The Bertz CT molecular complexity index is 936. The Morgan fingerprint density at radius 3 is 2.73 bits per heavy atom. The van der Waals surface area contributed by atoms with Gasteiger partial charge in [-0.2, -0.15) is 4.98 Å². The lowest BCUT2D eigenvalue weighted by Gasteiger charge is -2.30. The molecule has 2 aromatic heterocycles. The molecule has 2 atom stereocenters. The average molecular weight is 435 g/mol. The Labute approximate surface area is 177 Å². The molecule has 30 heavy (non-hydrogen) atoms. The molecule has 0 bridgehead atoms. The van der Waals surface area contributed by atoms with Crippen molar-refractivity contribution in [1.29, 1.82) is 0 Å². The number of sulfone groups is 1. The molecule has 0 amide bonds. The van der Waals surface area contributed by atoms with Crippen molar-refractivity contribution in [2.24, 2.45) is 17.8 Å². The van der Waals surface area contributed by atoms with Crippen LogP contribution in [0.5, 0.6) is 5.88 Å². The van der Waals surface area contributed by atoms with Crippen LogP contribution in [0.3, 0.4) is 0 Å². The maximum Gasteiger partial charge on any atom is 0.324 e. The standard InChI is InChI=1S/C21H30N4O4S/c1-3-4-19-23-21(29-24-19)25-10-7-15(8-11-25)18-13-16(18)9-12-28-20-6-5-17(14-22-20)30(2,26)27/h5-6,14-16,18H,3-4,7-13H2,1-2H3/t16-,18-/m1/s1. The fourth-order valence-electron chi connectivity index (χ4n) is 4.38. The molecule has 2 fully saturated rings. The van der Waals surface area contributed by atoms with E-state index in [9.17, 15) is 8.42 Å². The zero-order valence-electron chi connectivity index (χ0n) is 17.7. The number of anilines is 1. The molecule has 1 saturated carbocycles. The van der Waals surface area contributed by atoms with Crippen LogP contribution in [0.1, 0.15) is 44.9 Å². The van der Waals surface area contributed by atoms with Crippen molar-refractivity contribution in [3.05, 3.63) is 24.2 Å². The summed E-state index contributed by atoms with van der Waals surface area (Å²) in [4.78, 5) is 11.0. The lowest BCUT2D eigenvalue weighted by atomic mass is 9.91. The highest BCUT2D eigenvalue weighted by molar-refractivity contribution is 7.90. The number of pyridine rings is 1. The number of piperidine rings is 1. The summed E-state index contributed by atoms with van der Waals surface area (Å²) in [5, 5.41) is 4.06. The van der Waals surface area contributed by atoms with Crippen LogP contribution in [0.25, 0.3) is 0 Å². The second kappa shape index (κ2) is 8.91. The van der Waals surface area contributed by atoms with Gasteiger partial charge in [-0.1, -0.05) is 12.1 Å². The van der Waals surface area contributed by atoms with E-state index in [1.54, 1.807) is 12.1 Å². The van der Waals surface area contributed by atoms with Gasteiger partial charge in [0.05, 0.1) is 11.5 Å². The summed E-state index contributed by atoms with van der Waals surface area (Å²) in [6.07, 6.45) is 9.05. The summed E-state index contributed by atoms with van der Waals surface area (Å²) in [5.74, 6) is 3.55. The fourth-order valence-corrected chi connectivity index (χ4v) is 4.94. The monoisotopic (exact) mass is 434 g/mol. The molecule has 8 nitrogen and oxygen atoms in total. The summed E-state index contributed by atoms with van der Waals surface area (Å²) in [6.45, 7) is 4.70. The predicted octanol–water partition coefficient (Wildman–Crippen LogP) is 3.14. The second-order valence-corrected chi connectivity index (χ2v) is 10.5. The summed E-state index contributed by atoms with van der Waals surface area (Å²) < 4.78 is 34.1. The van der Waals surface area contributed by atoms with Gasteiger partial charge in [-0.05, 0) is 55.9 Å². The zero-order chi connectivity index (χ0) is 21.1. The van der Waals surface area contributed by atoms with Crippen LogP contribution in [-0.2, 0) is 16.3 Å². The van der Waals surface area contributed by atoms with E-state index >= 15 is 0 Å². The van der Waals surface area contributed by atoms with Crippen LogP contribution in [0, 0.1) is 17.8 Å². The Morgan fingerprint density at radius 1 is 1.27 bits per heavy atom. The van der Waals surface area contributed by atoms with Gasteiger partial charge in [-0.3, -0.25) is 0 Å². The van der Waals surface area contributed by atoms with E-state index in [0.29, 0.717) is 18.5 Å². The number of nitrogens with zero attached hydrogens (tertiary/aromatic N) is 4. The number of aryl methyl sites for hydroxylation is 1. The van der Waals surface area contributed by atoms with E-state index in [2.05, 4.69) is 26.9 Å². The molecule has 0 aromatic carbocycles. The number of hydrogen-bond acceptors (Lipinski definition) is 8. The highest BCUT2D eigenvalue weighted by Crippen LogP contribution is 2.49. The average Bonchev–Trinajstić information content (AvgIpc) is 3.35. The van der Waals surface area contributed by atoms with Crippen molar-refractivity contribution in [3.8, 4) is 5.88 Å². The van der Waals surface area contributed by atoms with Crippen molar-refractivity contribution < 1.29 is 17.7 Å². The van der Waals surface area contributed by atoms with E-state index in [1.165, 1.54) is 31.7 Å². The van der Waals surface area contributed by atoms with Gasteiger partial charge in [0.15, 0.2) is 15.7 Å². The minimum atomic E-state index is -3.22. The lowest BCUT2D eigenvalue weighted by molar-refractivity contribution is 0.274. The van der Waals surface area contributed by atoms with Gasteiger partial charge >= 0.3 is 6.01 Å². The maximum atomic E-state index is 11.5. The molecule has 3 heterocycles. The van der Waals surface area contributed by atoms with Crippen molar-refractivity contribution in [2.75, 3.05) is 30.9 Å². The molecule has 4 rings (SSSR count). The van der Waals surface area contributed by atoms with Gasteiger partial charge in [0.2, 0.25) is 5.88 Å². The summed E-state index contributed by atoms with van der Waals surface area (Å²) >= 11 is 0. The Balaban J connectivity index is 1.17. The smallest absolute Gasteiger partial charge is 0.324 e. The molecule has 0 unspecified atom stereocenters. The van der Waals surface area contributed by atoms with E-state index in [-0.39, 0.29) is 4.90 Å². The Morgan fingerprint density at radius 2 is 2.07 bits per heavy atom. The third-order valence-corrected chi connectivity index (χ3v) is 7.30. The van der Waals surface area contributed by atoms with E-state index in [1.807, 2.05) is 0 Å². The largest absolute Gasteiger partial charge is 0.478 e. The van der Waals surface area contributed by atoms with Gasteiger partial charge in [-0.25, -0.2) is 13.4 Å². The van der Waals surface area contributed by atoms with E-state index < -0.39 is 9.84 Å². The quantitative estimate of drug-likeness (QED) is 0.594. The first kappa shape index (κ1) is 21.1. The molecule has 0 N–H and O–H groups in total. The third kappa shape index (κ3) is 5.11. The molecule has 1 aliphatic carbocycles. The summed E-state index contributed by atoms with van der Waals surface area (Å²) in [6, 6.07) is 3.84. The van der Waals surface area contributed by atoms with Crippen LogP contribution in [0.15, 0.2) is 27.7 Å². The number of ether oxygens (including phenoxy) is 1. The van der Waals surface area contributed by atoms with Crippen molar-refractivity contribution >= 4 is 15.9 Å². The van der Waals surface area contributed by atoms with E-state index in [4.69, 9.17) is 9.26 Å². The second-order valence-electron chi connectivity index (χ2n) is 8.47. The molecular weight excluding hydrogens is 404 g/mol. The van der Waals surface area contributed by atoms with Crippen LogP contribution >= 0.6 is 0 Å². The van der Waals surface area contributed by atoms with Gasteiger partial charge in [-0.15, -0.1) is 0 Å². The minimum absolute atomic E-state index is 0.213. The van der Waals surface area contributed by atoms with Gasteiger partial charge < -0.3 is 14.2 Å². The Kier molecular flexibility index (Phi) is 6.26. The molecule has 0 radical (unpaired) electrons. The lowest BCUT2D eigenvalue weighted by Crippen LogP contribution is -2.34. The highest BCUT2D eigenvalue weighted by atomic mass is 32.2. The summed E-state index contributed by atoms with van der Waals surface area (Å²) in [5.41, 5.74) is 0. The Hall–Kier alpha value is -2.16. The number of aromatic nitrogens is 3. The van der Waals surface area contributed by atoms with Gasteiger partial charge in [0, 0.05) is 38.0 Å². The first-order chi connectivity index (χ1) is 14.4. The normalized spacial score (nSPS) is 22.3. The highest BCUT2D eigenvalue weighted by Gasteiger charge is 2.43. The molecule has 164 valence electrons. The predicted molar refractivity (Wildman–Crippen MR) is 112 cm³/mol. The van der Waals surface area contributed by atoms with E-state index in [0.717, 1.165) is 55.9 Å². The number of rotatable bonds is 9. The number of hydrogen-bond donors (Lipinski definition) is 0. The van der Waals surface area contributed by atoms with Crippen molar-refractivity contribution in [3.63, 3.8) is 0 Å². The zero-order valence-corrected chi connectivity index (χ0v) is 18.5. The molecule has 1 saturated heterocycles. The summed E-state index contributed by atoms with van der Waals surface area (Å²) in [7, 11) is -3.22. The van der Waals surface area contributed by atoms with Crippen LogP contribution in [-0.4, -0.2) is 49.5 Å². The SMILES string of the molecule is CCCc1noc(N2CCC([C@H]3C[C@H]3CCOc3ccc(S(C)(=O)=O)cn3)CC2)n1. The third-order valence-electron chi connectivity index (χ3n) is 6.20. The van der Waals surface area contributed by atoms with Gasteiger partial charge in [0.1, 0.15) is 0 Å². The topological polar surface area (TPSA) is 98.4 Å². The molecule has 2 aromatic rings. The molecule has 1 aliphatic heterocycles. The van der Waals surface area contributed by atoms with Crippen molar-refractivity contribution in [2.45, 2.75) is 50.3 Å².